The molecule has 0 aromatic rings. The highest BCUT2D eigenvalue weighted by Crippen LogP contribution is 2.49. The van der Waals surface area contributed by atoms with Gasteiger partial charge in [0.15, 0.2) is 0 Å². The first-order chi connectivity index (χ1) is 6.58. The zero-order valence-electron chi connectivity index (χ0n) is 8.39. The lowest BCUT2D eigenvalue weighted by Crippen LogP contribution is -2.05. The Morgan fingerprint density at radius 3 is 2.50 bits per heavy atom. The number of phosphoric acid groups is 1. The van der Waals surface area contributed by atoms with E-state index in [1.54, 1.807) is 6.92 Å². The number of hydrogen-bond donors (Lipinski definition) is 0. The molecule has 0 bridgehead atoms. The van der Waals surface area contributed by atoms with E-state index in [0.29, 0.717) is 6.42 Å². The van der Waals surface area contributed by atoms with E-state index in [9.17, 15) is 9.36 Å². The fraction of sp³-hybridized carbons (Fsp3) is 0.625. The number of carbonyl (C=O) groups is 1. The SMILES string of the molecule is C=CC(=O)OP(=O)(OCC)OCCC. The molecule has 1 unspecified atom stereocenters. The van der Waals surface area contributed by atoms with Crippen LogP contribution in [0.1, 0.15) is 20.3 Å². The average molecular weight is 222 g/mol. The topological polar surface area (TPSA) is 61.8 Å². The normalized spacial score (nSPS) is 14.4. The number of hydrogen-bond acceptors (Lipinski definition) is 5. The summed E-state index contributed by atoms with van der Waals surface area (Å²) in [5.74, 6) is -0.821. The quantitative estimate of drug-likeness (QED) is 0.488. The third kappa shape index (κ3) is 5.17. The van der Waals surface area contributed by atoms with Crippen LogP contribution in [-0.4, -0.2) is 19.2 Å². The molecule has 0 heterocycles. The molecule has 0 aromatic carbocycles. The summed E-state index contributed by atoms with van der Waals surface area (Å²) in [6, 6.07) is 0. The van der Waals surface area contributed by atoms with Crippen LogP contribution in [0.2, 0.25) is 0 Å². The fourth-order valence-electron chi connectivity index (χ4n) is 0.599. The van der Waals surface area contributed by atoms with E-state index in [1.165, 1.54) is 0 Å². The van der Waals surface area contributed by atoms with Crippen molar-refractivity contribution in [3.63, 3.8) is 0 Å². The second kappa shape index (κ2) is 6.76. The van der Waals surface area contributed by atoms with E-state index in [-0.39, 0.29) is 13.2 Å². The van der Waals surface area contributed by atoms with Gasteiger partial charge in [0.1, 0.15) is 0 Å². The molecule has 0 saturated carbocycles. The van der Waals surface area contributed by atoms with Crippen molar-refractivity contribution in [3.8, 4) is 0 Å². The first-order valence-corrected chi connectivity index (χ1v) is 5.79. The maximum Gasteiger partial charge on any atom is 0.532 e. The Balaban J connectivity index is 4.30. The summed E-state index contributed by atoms with van der Waals surface area (Å²) in [5.41, 5.74) is 0. The highest BCUT2D eigenvalue weighted by Gasteiger charge is 2.29. The highest BCUT2D eigenvalue weighted by molar-refractivity contribution is 7.49. The van der Waals surface area contributed by atoms with Crippen molar-refractivity contribution in [2.45, 2.75) is 20.3 Å². The monoisotopic (exact) mass is 222 g/mol. The fourth-order valence-corrected chi connectivity index (χ4v) is 1.80. The van der Waals surface area contributed by atoms with Crippen LogP contribution in [0.5, 0.6) is 0 Å². The van der Waals surface area contributed by atoms with Crippen LogP contribution in [0.4, 0.5) is 0 Å². The summed E-state index contributed by atoms with van der Waals surface area (Å²) < 4.78 is 25.7. The Morgan fingerprint density at radius 2 is 2.07 bits per heavy atom. The van der Waals surface area contributed by atoms with Crippen molar-refractivity contribution in [2.24, 2.45) is 0 Å². The minimum atomic E-state index is -3.73. The molecule has 0 N–H and O–H groups in total. The zero-order valence-corrected chi connectivity index (χ0v) is 9.29. The zero-order chi connectivity index (χ0) is 11.0. The molecule has 5 nitrogen and oxygen atoms in total. The predicted molar refractivity (Wildman–Crippen MR) is 51.8 cm³/mol. The van der Waals surface area contributed by atoms with E-state index in [1.807, 2.05) is 6.92 Å². The summed E-state index contributed by atoms with van der Waals surface area (Å²) in [7, 11) is -3.73. The standard InChI is InChI=1S/C8H15O5P/c1-4-7-12-14(10,11-6-3)13-8(9)5-2/h5H,2,4,6-7H2,1,3H3. The maximum absolute atomic E-state index is 11.6. The van der Waals surface area contributed by atoms with Gasteiger partial charge >= 0.3 is 13.8 Å². The molecule has 0 aliphatic rings. The van der Waals surface area contributed by atoms with Gasteiger partial charge in [-0.2, -0.15) is 0 Å². The molecule has 0 rings (SSSR count). The van der Waals surface area contributed by atoms with E-state index >= 15 is 0 Å². The van der Waals surface area contributed by atoms with Crippen molar-refractivity contribution < 1.29 is 22.9 Å². The molecule has 0 aromatic heterocycles. The van der Waals surface area contributed by atoms with Crippen LogP contribution >= 0.6 is 7.82 Å². The van der Waals surface area contributed by atoms with Gasteiger partial charge in [0.25, 0.3) is 0 Å². The van der Waals surface area contributed by atoms with Crippen LogP contribution in [0.25, 0.3) is 0 Å². The highest BCUT2D eigenvalue weighted by atomic mass is 31.2. The molecule has 1 atom stereocenters. The molecule has 0 radical (unpaired) electrons. The summed E-state index contributed by atoms with van der Waals surface area (Å²) >= 11 is 0. The first kappa shape index (κ1) is 13.4. The van der Waals surface area contributed by atoms with Crippen LogP contribution in [0, 0.1) is 0 Å². The molecule has 6 heteroatoms. The Morgan fingerprint density at radius 1 is 1.43 bits per heavy atom. The van der Waals surface area contributed by atoms with Gasteiger partial charge in [-0.15, -0.1) is 0 Å². The molecule has 0 fully saturated rings. The lowest BCUT2D eigenvalue weighted by molar-refractivity contribution is -0.130. The lowest BCUT2D eigenvalue weighted by atomic mass is 10.5. The molecule has 14 heavy (non-hydrogen) atoms. The van der Waals surface area contributed by atoms with Crippen molar-refractivity contribution in [1.82, 2.24) is 0 Å². The van der Waals surface area contributed by atoms with Gasteiger partial charge in [0.2, 0.25) is 0 Å². The second-order valence-electron chi connectivity index (χ2n) is 2.31. The van der Waals surface area contributed by atoms with Crippen molar-refractivity contribution >= 4 is 13.8 Å². The van der Waals surface area contributed by atoms with Crippen molar-refractivity contribution in [1.29, 1.82) is 0 Å². The Hall–Kier alpha value is -0.640. The Labute approximate surface area is 83.7 Å². The summed E-state index contributed by atoms with van der Waals surface area (Å²) in [6.07, 6.45) is 1.56. The molecule has 0 aliphatic heterocycles. The molecule has 0 saturated heterocycles. The molecular weight excluding hydrogens is 207 g/mol. The van der Waals surface area contributed by atoms with Gasteiger partial charge in [-0.1, -0.05) is 13.5 Å². The third-order valence-electron chi connectivity index (χ3n) is 1.11. The molecule has 0 spiro atoms. The van der Waals surface area contributed by atoms with Gasteiger partial charge in [-0.05, 0) is 13.3 Å². The lowest BCUT2D eigenvalue weighted by Gasteiger charge is -2.15. The third-order valence-corrected chi connectivity index (χ3v) is 2.59. The van der Waals surface area contributed by atoms with Gasteiger partial charge < -0.3 is 4.52 Å². The van der Waals surface area contributed by atoms with E-state index < -0.39 is 13.8 Å². The molecule has 82 valence electrons. The van der Waals surface area contributed by atoms with E-state index in [4.69, 9.17) is 9.05 Å². The second-order valence-corrected chi connectivity index (χ2v) is 3.91. The molecule has 0 aliphatic carbocycles. The maximum atomic E-state index is 11.6. The van der Waals surface area contributed by atoms with Gasteiger partial charge in [-0.3, -0.25) is 9.05 Å². The smallest absolute Gasteiger partial charge is 0.367 e. The van der Waals surface area contributed by atoms with E-state index in [2.05, 4.69) is 11.1 Å². The largest absolute Gasteiger partial charge is 0.532 e. The minimum Gasteiger partial charge on any atom is -0.367 e. The molecular formula is C8H15O5P. The van der Waals surface area contributed by atoms with Gasteiger partial charge in [-0.25, -0.2) is 9.36 Å². The molecule has 0 amide bonds. The summed E-state index contributed by atoms with van der Waals surface area (Å²) in [6.45, 7) is 7.00. The number of phosphoric ester groups is 1. The van der Waals surface area contributed by atoms with Gasteiger partial charge in [0, 0.05) is 6.08 Å². The average Bonchev–Trinajstić information content (AvgIpc) is 2.15. The Kier molecular flexibility index (Phi) is 6.45. The number of carbonyl (C=O) groups excluding carboxylic acids is 1. The predicted octanol–water partition coefficient (Wildman–Crippen LogP) is 2.29. The minimum absolute atomic E-state index is 0.144. The Bertz CT molecular complexity index is 238. The van der Waals surface area contributed by atoms with Crippen LogP contribution in [0.3, 0.4) is 0 Å². The first-order valence-electron chi connectivity index (χ1n) is 4.33. The number of rotatable bonds is 7. The summed E-state index contributed by atoms with van der Waals surface area (Å²) in [5, 5.41) is 0. The van der Waals surface area contributed by atoms with Crippen LogP contribution in [-0.2, 0) is 22.9 Å². The van der Waals surface area contributed by atoms with Crippen LogP contribution < -0.4 is 0 Å². The van der Waals surface area contributed by atoms with Crippen molar-refractivity contribution in [2.75, 3.05) is 13.2 Å². The van der Waals surface area contributed by atoms with Crippen LogP contribution in [0.15, 0.2) is 12.7 Å². The van der Waals surface area contributed by atoms with Crippen molar-refractivity contribution in [3.05, 3.63) is 12.7 Å². The summed E-state index contributed by atoms with van der Waals surface area (Å²) in [4.78, 5) is 10.8. The van der Waals surface area contributed by atoms with E-state index in [0.717, 1.165) is 6.08 Å². The van der Waals surface area contributed by atoms with Gasteiger partial charge in [0.05, 0.1) is 13.2 Å².